The molecule has 0 aliphatic carbocycles. The van der Waals surface area contributed by atoms with E-state index in [0.717, 1.165) is 10.2 Å². The Labute approximate surface area is 96.8 Å². The van der Waals surface area contributed by atoms with Gasteiger partial charge in [0, 0.05) is 15.1 Å². The summed E-state index contributed by atoms with van der Waals surface area (Å²) in [6.07, 6.45) is 0. The van der Waals surface area contributed by atoms with E-state index in [2.05, 4.69) is 28.1 Å². The molecule has 0 saturated heterocycles. The first-order valence-electron chi connectivity index (χ1n) is 4.40. The molecule has 0 aromatic heterocycles. The summed E-state index contributed by atoms with van der Waals surface area (Å²) in [5.74, 6) is 0.913. The van der Waals surface area contributed by atoms with E-state index in [0.29, 0.717) is 13.2 Å². The Kier molecular flexibility index (Phi) is 6.27. The van der Waals surface area contributed by atoms with Gasteiger partial charge in [-0.2, -0.15) is 0 Å². The van der Waals surface area contributed by atoms with Crippen LogP contribution in [-0.4, -0.2) is 30.7 Å². The van der Waals surface area contributed by atoms with Crippen molar-refractivity contribution in [1.82, 2.24) is 0 Å². The summed E-state index contributed by atoms with van der Waals surface area (Å²) in [4.78, 5) is 1.23. The molecule has 0 heterocycles. The average molecular weight is 277 g/mol. The van der Waals surface area contributed by atoms with Gasteiger partial charge in [-0.3, -0.25) is 0 Å². The molecule has 0 saturated carbocycles. The number of hydrogen-bond donors (Lipinski definition) is 1. The first kappa shape index (κ1) is 12.0. The predicted molar refractivity (Wildman–Crippen MR) is 62.8 cm³/mol. The molecule has 0 aliphatic heterocycles. The number of hydrogen-bond acceptors (Lipinski definition) is 3. The topological polar surface area (TPSA) is 29.5 Å². The van der Waals surface area contributed by atoms with Gasteiger partial charge in [-0.15, -0.1) is 11.8 Å². The van der Waals surface area contributed by atoms with Crippen molar-refractivity contribution in [3.63, 3.8) is 0 Å². The summed E-state index contributed by atoms with van der Waals surface area (Å²) in [5, 5.41) is 8.48. The number of thioether (sulfide) groups is 1. The Morgan fingerprint density at radius 3 is 2.93 bits per heavy atom. The minimum Gasteiger partial charge on any atom is -0.394 e. The number of rotatable bonds is 6. The van der Waals surface area contributed by atoms with Crippen LogP contribution in [0.4, 0.5) is 0 Å². The van der Waals surface area contributed by atoms with Gasteiger partial charge in [0.1, 0.15) is 0 Å². The monoisotopic (exact) mass is 276 g/mol. The number of aliphatic hydroxyl groups excluding tert-OH is 1. The van der Waals surface area contributed by atoms with E-state index in [1.807, 2.05) is 12.1 Å². The highest BCUT2D eigenvalue weighted by Crippen LogP contribution is 2.21. The molecule has 1 rings (SSSR count). The molecule has 0 aliphatic rings. The molecule has 0 unspecified atom stereocenters. The molecule has 4 heteroatoms. The molecule has 1 aromatic carbocycles. The summed E-state index contributed by atoms with van der Waals surface area (Å²) in [6.45, 7) is 1.21. The van der Waals surface area contributed by atoms with Crippen molar-refractivity contribution in [2.45, 2.75) is 4.90 Å². The van der Waals surface area contributed by atoms with Crippen LogP contribution in [0.25, 0.3) is 0 Å². The molecule has 0 atom stereocenters. The second-order valence-electron chi connectivity index (χ2n) is 2.64. The van der Waals surface area contributed by atoms with Crippen LogP contribution in [0.1, 0.15) is 0 Å². The van der Waals surface area contributed by atoms with Gasteiger partial charge in [-0.05, 0) is 18.2 Å². The lowest BCUT2D eigenvalue weighted by molar-refractivity contribution is 0.103. The first-order valence-corrected chi connectivity index (χ1v) is 6.18. The van der Waals surface area contributed by atoms with Crippen molar-refractivity contribution in [3.8, 4) is 0 Å². The van der Waals surface area contributed by atoms with E-state index in [4.69, 9.17) is 9.84 Å². The van der Waals surface area contributed by atoms with E-state index >= 15 is 0 Å². The van der Waals surface area contributed by atoms with Crippen LogP contribution in [0, 0.1) is 0 Å². The maximum Gasteiger partial charge on any atom is 0.0698 e. The lowest BCUT2D eigenvalue weighted by Crippen LogP contribution is -2.02. The number of benzene rings is 1. The second kappa shape index (κ2) is 7.29. The van der Waals surface area contributed by atoms with Gasteiger partial charge >= 0.3 is 0 Å². The van der Waals surface area contributed by atoms with E-state index < -0.39 is 0 Å². The molecular weight excluding hydrogens is 264 g/mol. The molecular formula is C10H13BrO2S. The molecule has 1 N–H and O–H groups in total. The Hall–Kier alpha value is -0.0300. The molecule has 0 bridgehead atoms. The van der Waals surface area contributed by atoms with Gasteiger partial charge in [0.2, 0.25) is 0 Å². The lowest BCUT2D eigenvalue weighted by Gasteiger charge is -2.02. The maximum absolute atomic E-state index is 8.48. The molecule has 14 heavy (non-hydrogen) atoms. The highest BCUT2D eigenvalue weighted by atomic mass is 79.9. The zero-order valence-electron chi connectivity index (χ0n) is 7.78. The number of ether oxygens (including phenoxy) is 1. The van der Waals surface area contributed by atoms with Gasteiger partial charge in [0.25, 0.3) is 0 Å². The van der Waals surface area contributed by atoms with Crippen molar-refractivity contribution in [2.75, 3.05) is 25.6 Å². The highest BCUT2D eigenvalue weighted by Gasteiger charge is 1.94. The third-order valence-electron chi connectivity index (χ3n) is 1.53. The number of halogens is 1. The zero-order valence-corrected chi connectivity index (χ0v) is 10.2. The number of aliphatic hydroxyl groups is 1. The van der Waals surface area contributed by atoms with E-state index in [1.54, 1.807) is 11.8 Å². The fourth-order valence-corrected chi connectivity index (χ4v) is 2.31. The molecule has 0 amide bonds. The van der Waals surface area contributed by atoms with Crippen LogP contribution in [0.5, 0.6) is 0 Å². The maximum atomic E-state index is 8.48. The minimum atomic E-state index is 0.0988. The van der Waals surface area contributed by atoms with Crippen LogP contribution >= 0.6 is 27.7 Å². The predicted octanol–water partition coefficient (Wildman–Crippen LogP) is 2.55. The van der Waals surface area contributed by atoms with Crippen LogP contribution in [0.3, 0.4) is 0 Å². The largest absolute Gasteiger partial charge is 0.394 e. The summed E-state index contributed by atoms with van der Waals surface area (Å²) < 4.78 is 6.25. The molecule has 1 aromatic rings. The van der Waals surface area contributed by atoms with Gasteiger partial charge in [-0.1, -0.05) is 22.0 Å². The fraction of sp³-hybridized carbons (Fsp3) is 0.400. The van der Waals surface area contributed by atoms with Crippen molar-refractivity contribution in [1.29, 1.82) is 0 Å². The standard InChI is InChI=1S/C10H13BrO2S/c11-9-2-1-3-10(8-9)14-7-6-13-5-4-12/h1-3,8,12H,4-7H2. The highest BCUT2D eigenvalue weighted by molar-refractivity contribution is 9.10. The van der Waals surface area contributed by atoms with Gasteiger partial charge in [0.15, 0.2) is 0 Å². The third kappa shape index (κ3) is 5.00. The zero-order chi connectivity index (χ0) is 10.2. The smallest absolute Gasteiger partial charge is 0.0698 e. The summed E-state index contributed by atoms with van der Waals surface area (Å²) in [5.41, 5.74) is 0. The normalized spacial score (nSPS) is 10.4. The minimum absolute atomic E-state index is 0.0988. The van der Waals surface area contributed by atoms with Gasteiger partial charge in [0.05, 0.1) is 19.8 Å². The van der Waals surface area contributed by atoms with Crippen LogP contribution in [-0.2, 0) is 4.74 Å². The lowest BCUT2D eigenvalue weighted by atomic mass is 10.4. The fourth-order valence-electron chi connectivity index (χ4n) is 0.942. The summed E-state index contributed by atoms with van der Waals surface area (Å²) in [6, 6.07) is 8.17. The Balaban J connectivity index is 2.18. The van der Waals surface area contributed by atoms with Crippen molar-refractivity contribution in [3.05, 3.63) is 28.7 Å². The third-order valence-corrected chi connectivity index (χ3v) is 2.98. The molecule has 2 nitrogen and oxygen atoms in total. The molecule has 78 valence electrons. The van der Waals surface area contributed by atoms with E-state index in [1.165, 1.54) is 4.90 Å². The summed E-state index contributed by atoms with van der Waals surface area (Å²) in [7, 11) is 0. The Bertz CT molecular complexity index is 268. The quantitative estimate of drug-likeness (QED) is 0.640. The van der Waals surface area contributed by atoms with Crippen molar-refractivity contribution >= 4 is 27.7 Å². The molecule has 0 fully saturated rings. The van der Waals surface area contributed by atoms with Gasteiger partial charge in [-0.25, -0.2) is 0 Å². The van der Waals surface area contributed by atoms with Crippen LogP contribution in [0.15, 0.2) is 33.6 Å². The Morgan fingerprint density at radius 1 is 1.36 bits per heavy atom. The Morgan fingerprint density at radius 2 is 2.21 bits per heavy atom. The SMILES string of the molecule is OCCOCCSc1cccc(Br)c1. The van der Waals surface area contributed by atoms with E-state index in [9.17, 15) is 0 Å². The first-order chi connectivity index (χ1) is 6.83. The van der Waals surface area contributed by atoms with Crippen molar-refractivity contribution < 1.29 is 9.84 Å². The van der Waals surface area contributed by atoms with Crippen LogP contribution in [0.2, 0.25) is 0 Å². The van der Waals surface area contributed by atoms with E-state index in [-0.39, 0.29) is 6.61 Å². The molecule has 0 radical (unpaired) electrons. The second-order valence-corrected chi connectivity index (χ2v) is 4.73. The summed E-state index contributed by atoms with van der Waals surface area (Å²) >= 11 is 5.17. The van der Waals surface area contributed by atoms with Crippen LogP contribution < -0.4 is 0 Å². The van der Waals surface area contributed by atoms with Gasteiger partial charge < -0.3 is 9.84 Å². The van der Waals surface area contributed by atoms with Crippen molar-refractivity contribution in [2.24, 2.45) is 0 Å². The molecule has 0 spiro atoms. The average Bonchev–Trinajstić information content (AvgIpc) is 2.18.